The Bertz CT molecular complexity index is 707. The number of ether oxygens (including phenoxy) is 1. The maximum atomic E-state index is 5.39. The maximum Gasteiger partial charge on any atom is 0.147 e. The van der Waals surface area contributed by atoms with Crippen molar-refractivity contribution in [2.45, 2.75) is 6.92 Å². The monoisotopic (exact) mass is 224 g/mol. The molecule has 0 spiro atoms. The summed E-state index contributed by atoms with van der Waals surface area (Å²) in [6.07, 6.45) is 1.79. The van der Waals surface area contributed by atoms with Crippen molar-refractivity contribution in [3.8, 4) is 5.75 Å². The summed E-state index contributed by atoms with van der Waals surface area (Å²) >= 11 is 0. The van der Waals surface area contributed by atoms with E-state index in [0.717, 1.165) is 33.2 Å². The Kier molecular flexibility index (Phi) is 2.18. The van der Waals surface area contributed by atoms with Crippen molar-refractivity contribution in [3.05, 3.63) is 42.2 Å². The smallest absolute Gasteiger partial charge is 0.147 e. The standard InChI is InChI=1S/C14H12N2O/c1-9-5-6-11-10-4-3-7-15-12(10)8-13(17-2)14(11)16-9/h3-8H,1-2H3. The lowest BCUT2D eigenvalue weighted by Crippen LogP contribution is -1.91. The second-order valence-corrected chi connectivity index (χ2v) is 4.00. The minimum Gasteiger partial charge on any atom is -0.494 e. The summed E-state index contributed by atoms with van der Waals surface area (Å²) in [5.74, 6) is 0.773. The SMILES string of the molecule is COc1cc2ncccc2c2ccc(C)nc12. The third kappa shape index (κ3) is 1.51. The highest BCUT2D eigenvalue weighted by atomic mass is 16.5. The number of hydrogen-bond donors (Lipinski definition) is 0. The van der Waals surface area contributed by atoms with Crippen LogP contribution in [0.5, 0.6) is 5.75 Å². The van der Waals surface area contributed by atoms with E-state index in [1.54, 1.807) is 13.3 Å². The van der Waals surface area contributed by atoms with Gasteiger partial charge in [-0.1, -0.05) is 12.1 Å². The zero-order chi connectivity index (χ0) is 11.8. The predicted molar refractivity (Wildman–Crippen MR) is 68.3 cm³/mol. The van der Waals surface area contributed by atoms with E-state index >= 15 is 0 Å². The molecule has 2 heterocycles. The van der Waals surface area contributed by atoms with Gasteiger partial charge in [0, 0.05) is 28.7 Å². The van der Waals surface area contributed by atoms with E-state index in [2.05, 4.69) is 22.1 Å². The summed E-state index contributed by atoms with van der Waals surface area (Å²) in [6, 6.07) is 10.0. The summed E-state index contributed by atoms with van der Waals surface area (Å²) in [6.45, 7) is 1.98. The molecule has 3 rings (SSSR count). The summed E-state index contributed by atoms with van der Waals surface area (Å²) in [5.41, 5.74) is 2.81. The van der Waals surface area contributed by atoms with Crippen molar-refractivity contribution >= 4 is 21.8 Å². The first-order valence-corrected chi connectivity index (χ1v) is 5.48. The molecule has 0 saturated heterocycles. The number of aromatic nitrogens is 2. The van der Waals surface area contributed by atoms with E-state index < -0.39 is 0 Å². The molecular weight excluding hydrogens is 212 g/mol. The van der Waals surface area contributed by atoms with E-state index in [4.69, 9.17) is 4.74 Å². The van der Waals surface area contributed by atoms with Crippen LogP contribution in [-0.4, -0.2) is 17.1 Å². The predicted octanol–water partition coefficient (Wildman–Crippen LogP) is 3.10. The van der Waals surface area contributed by atoms with Gasteiger partial charge in [-0.05, 0) is 19.1 Å². The Hall–Kier alpha value is -2.16. The second-order valence-electron chi connectivity index (χ2n) is 4.00. The highest BCUT2D eigenvalue weighted by Crippen LogP contribution is 2.30. The van der Waals surface area contributed by atoms with Gasteiger partial charge in [-0.2, -0.15) is 0 Å². The third-order valence-corrected chi connectivity index (χ3v) is 2.88. The molecule has 0 aliphatic heterocycles. The van der Waals surface area contributed by atoms with E-state index in [-0.39, 0.29) is 0 Å². The van der Waals surface area contributed by atoms with Gasteiger partial charge in [-0.25, -0.2) is 4.98 Å². The fourth-order valence-electron chi connectivity index (χ4n) is 2.07. The Morgan fingerprint density at radius 1 is 1.12 bits per heavy atom. The van der Waals surface area contributed by atoms with Crippen molar-refractivity contribution in [2.75, 3.05) is 7.11 Å². The van der Waals surface area contributed by atoms with Gasteiger partial charge < -0.3 is 4.74 Å². The van der Waals surface area contributed by atoms with E-state index in [0.29, 0.717) is 0 Å². The molecule has 3 nitrogen and oxygen atoms in total. The van der Waals surface area contributed by atoms with Gasteiger partial charge in [0.25, 0.3) is 0 Å². The van der Waals surface area contributed by atoms with Crippen LogP contribution in [0, 0.1) is 6.92 Å². The molecule has 3 heteroatoms. The van der Waals surface area contributed by atoms with Crippen molar-refractivity contribution in [1.29, 1.82) is 0 Å². The van der Waals surface area contributed by atoms with Crippen LogP contribution in [0.1, 0.15) is 5.69 Å². The molecule has 2 aromatic heterocycles. The number of pyridine rings is 2. The number of hydrogen-bond acceptors (Lipinski definition) is 3. The van der Waals surface area contributed by atoms with Crippen molar-refractivity contribution < 1.29 is 4.74 Å². The summed E-state index contributed by atoms with van der Waals surface area (Å²) < 4.78 is 5.39. The summed E-state index contributed by atoms with van der Waals surface area (Å²) in [7, 11) is 1.66. The third-order valence-electron chi connectivity index (χ3n) is 2.88. The molecule has 0 aliphatic carbocycles. The zero-order valence-corrected chi connectivity index (χ0v) is 9.77. The van der Waals surface area contributed by atoms with Crippen molar-refractivity contribution in [2.24, 2.45) is 0 Å². The minimum atomic E-state index is 0.773. The van der Waals surface area contributed by atoms with Gasteiger partial charge in [0.2, 0.25) is 0 Å². The Labute approximate surface area is 99.1 Å². The average Bonchev–Trinajstić information content (AvgIpc) is 2.37. The zero-order valence-electron chi connectivity index (χ0n) is 9.77. The van der Waals surface area contributed by atoms with Gasteiger partial charge in [-0.3, -0.25) is 4.98 Å². The molecule has 0 N–H and O–H groups in total. The van der Waals surface area contributed by atoms with Crippen LogP contribution < -0.4 is 4.74 Å². The van der Waals surface area contributed by atoms with Crippen LogP contribution >= 0.6 is 0 Å². The topological polar surface area (TPSA) is 35.0 Å². The first-order valence-electron chi connectivity index (χ1n) is 5.48. The quantitative estimate of drug-likeness (QED) is 0.596. The molecule has 0 amide bonds. The lowest BCUT2D eigenvalue weighted by molar-refractivity contribution is 0.419. The van der Waals surface area contributed by atoms with E-state index in [1.807, 2.05) is 25.1 Å². The molecule has 0 atom stereocenters. The lowest BCUT2D eigenvalue weighted by Gasteiger charge is -2.08. The Balaban J connectivity index is 2.55. The molecule has 0 aliphatic rings. The molecule has 0 unspecified atom stereocenters. The molecule has 0 bridgehead atoms. The van der Waals surface area contributed by atoms with Gasteiger partial charge >= 0.3 is 0 Å². The highest BCUT2D eigenvalue weighted by molar-refractivity contribution is 6.07. The number of methoxy groups -OCH3 is 1. The molecule has 1 aromatic carbocycles. The number of aryl methyl sites for hydroxylation is 1. The second kappa shape index (κ2) is 3.70. The average molecular weight is 224 g/mol. The molecule has 3 aromatic rings. The van der Waals surface area contributed by atoms with Crippen LogP contribution in [0.25, 0.3) is 21.8 Å². The largest absolute Gasteiger partial charge is 0.494 e. The van der Waals surface area contributed by atoms with Crippen LogP contribution in [0.4, 0.5) is 0 Å². The molecule has 0 fully saturated rings. The minimum absolute atomic E-state index is 0.773. The van der Waals surface area contributed by atoms with E-state index in [9.17, 15) is 0 Å². The van der Waals surface area contributed by atoms with Gasteiger partial charge in [-0.15, -0.1) is 0 Å². The maximum absolute atomic E-state index is 5.39. The first-order chi connectivity index (χ1) is 8.29. The fraction of sp³-hybridized carbons (Fsp3) is 0.143. The highest BCUT2D eigenvalue weighted by Gasteiger charge is 2.08. The van der Waals surface area contributed by atoms with Crippen LogP contribution in [0.3, 0.4) is 0 Å². The number of nitrogens with zero attached hydrogens (tertiary/aromatic N) is 2. The summed E-state index contributed by atoms with van der Waals surface area (Å²) in [5, 5.41) is 2.19. The molecule has 84 valence electrons. The number of rotatable bonds is 1. The Morgan fingerprint density at radius 2 is 2.00 bits per heavy atom. The molecule has 0 radical (unpaired) electrons. The number of benzene rings is 1. The van der Waals surface area contributed by atoms with E-state index in [1.165, 1.54) is 0 Å². The van der Waals surface area contributed by atoms with Crippen molar-refractivity contribution in [3.63, 3.8) is 0 Å². The lowest BCUT2D eigenvalue weighted by atomic mass is 10.1. The van der Waals surface area contributed by atoms with Crippen molar-refractivity contribution in [1.82, 2.24) is 9.97 Å². The van der Waals surface area contributed by atoms with Gasteiger partial charge in [0.1, 0.15) is 11.3 Å². The fourth-order valence-corrected chi connectivity index (χ4v) is 2.07. The van der Waals surface area contributed by atoms with Gasteiger partial charge in [0.05, 0.1) is 12.6 Å². The normalized spacial score (nSPS) is 10.9. The molecule has 0 saturated carbocycles. The van der Waals surface area contributed by atoms with Crippen LogP contribution in [0.2, 0.25) is 0 Å². The summed E-state index contributed by atoms with van der Waals surface area (Å²) in [4.78, 5) is 8.90. The molecular formula is C14H12N2O. The van der Waals surface area contributed by atoms with Gasteiger partial charge in [0.15, 0.2) is 0 Å². The molecule has 17 heavy (non-hydrogen) atoms. The van der Waals surface area contributed by atoms with Crippen LogP contribution in [-0.2, 0) is 0 Å². The number of fused-ring (bicyclic) bond motifs is 3. The first kappa shape index (κ1) is 10.0. The Morgan fingerprint density at radius 3 is 2.82 bits per heavy atom. The van der Waals surface area contributed by atoms with Crippen LogP contribution in [0.15, 0.2) is 36.5 Å².